The molecule has 176 valence electrons. The molecule has 0 N–H and O–H groups in total. The molecule has 2 aliphatic carbocycles. The van der Waals surface area contributed by atoms with Crippen LogP contribution in [0.1, 0.15) is 127 Å². The van der Waals surface area contributed by atoms with Gasteiger partial charge in [0.05, 0.1) is 0 Å². The predicted octanol–water partition coefficient (Wildman–Crippen LogP) is 10.3. The molecule has 0 aliphatic heterocycles. The van der Waals surface area contributed by atoms with E-state index in [2.05, 4.69) is 90.1 Å². The first-order valence-electron chi connectivity index (χ1n) is 13.5. The maximum atomic E-state index is 2.55. The average Bonchev–Trinajstić information content (AvgIpc) is 3.25. The molecule has 2 unspecified atom stereocenters. The van der Waals surface area contributed by atoms with Crippen LogP contribution in [0.2, 0.25) is 0 Å². The summed E-state index contributed by atoms with van der Waals surface area (Å²) in [5.74, 6) is 0.960. The number of rotatable bonds is 10. The van der Waals surface area contributed by atoms with Crippen molar-refractivity contribution >= 4 is 11.1 Å². The maximum absolute atomic E-state index is 2.55. The molecule has 0 bridgehead atoms. The Bertz CT molecular complexity index is 962. The maximum Gasteiger partial charge on any atom is 0.0118 e. The van der Waals surface area contributed by atoms with E-state index in [4.69, 9.17) is 0 Å². The van der Waals surface area contributed by atoms with Gasteiger partial charge in [0.1, 0.15) is 0 Å². The van der Waals surface area contributed by atoms with Crippen molar-refractivity contribution in [1.29, 1.82) is 0 Å². The molecule has 0 saturated heterocycles. The van der Waals surface area contributed by atoms with Crippen LogP contribution in [-0.2, 0) is 0 Å². The number of unbranched alkanes of at least 4 members (excludes halogenated alkanes) is 4. The fourth-order valence-corrected chi connectivity index (χ4v) is 7.14. The minimum Gasteiger partial charge on any atom is -0.0654 e. The second kappa shape index (κ2) is 10.0. The lowest BCUT2D eigenvalue weighted by Gasteiger charge is -2.41. The summed E-state index contributed by atoms with van der Waals surface area (Å²) in [5, 5.41) is 0. The zero-order valence-corrected chi connectivity index (χ0v) is 21.9. The van der Waals surface area contributed by atoms with E-state index in [9.17, 15) is 0 Å². The lowest BCUT2D eigenvalue weighted by molar-refractivity contribution is 0.274. The third kappa shape index (κ3) is 4.27. The van der Waals surface area contributed by atoms with Gasteiger partial charge in [-0.1, -0.05) is 113 Å². The van der Waals surface area contributed by atoms with Gasteiger partial charge in [-0.3, -0.25) is 0 Å². The second-order valence-corrected chi connectivity index (χ2v) is 11.1. The topological polar surface area (TPSA) is 0 Å². The molecule has 0 saturated carbocycles. The molecule has 0 fully saturated rings. The van der Waals surface area contributed by atoms with Gasteiger partial charge in [0.2, 0.25) is 0 Å². The highest BCUT2D eigenvalue weighted by molar-refractivity contribution is 5.81. The van der Waals surface area contributed by atoms with Crippen LogP contribution in [0.25, 0.3) is 11.1 Å². The third-order valence-electron chi connectivity index (χ3n) is 8.56. The monoisotopic (exact) mass is 440 g/mol. The molecule has 0 aromatic heterocycles. The minimum atomic E-state index is 0.124. The van der Waals surface area contributed by atoms with E-state index in [1.807, 2.05) is 0 Å². The van der Waals surface area contributed by atoms with E-state index < -0.39 is 0 Å². The lowest BCUT2D eigenvalue weighted by Crippen LogP contribution is -2.29. The van der Waals surface area contributed by atoms with Gasteiger partial charge in [0, 0.05) is 11.8 Å². The molecule has 0 radical (unpaired) electrons. The summed E-state index contributed by atoms with van der Waals surface area (Å²) < 4.78 is 0. The Kier molecular flexibility index (Phi) is 7.32. The Morgan fingerprint density at radius 3 is 1.39 bits per heavy atom. The lowest BCUT2D eigenvalue weighted by atomic mass is 9.62. The van der Waals surface area contributed by atoms with Gasteiger partial charge in [-0.25, -0.2) is 0 Å². The smallest absolute Gasteiger partial charge is 0.0118 e. The van der Waals surface area contributed by atoms with Crippen molar-refractivity contribution in [3.8, 4) is 0 Å². The first-order chi connectivity index (χ1) is 15.9. The van der Waals surface area contributed by atoms with Crippen molar-refractivity contribution in [3.63, 3.8) is 0 Å². The molecule has 4 rings (SSSR count). The quantitative estimate of drug-likeness (QED) is 0.322. The first kappa shape index (κ1) is 24.1. The normalized spacial score (nSPS) is 19.9. The molecule has 33 heavy (non-hydrogen) atoms. The Hall–Kier alpha value is -2.08. The van der Waals surface area contributed by atoms with E-state index in [1.165, 1.54) is 62.5 Å². The van der Waals surface area contributed by atoms with E-state index in [1.54, 1.807) is 33.4 Å². The summed E-state index contributed by atoms with van der Waals surface area (Å²) in [4.78, 5) is 0. The van der Waals surface area contributed by atoms with Crippen LogP contribution in [0, 0.1) is 5.41 Å². The average molecular weight is 441 g/mol. The zero-order valence-electron chi connectivity index (χ0n) is 21.9. The van der Waals surface area contributed by atoms with Gasteiger partial charge in [-0.2, -0.15) is 0 Å². The molecule has 0 spiro atoms. The molecule has 2 atom stereocenters. The van der Waals surface area contributed by atoms with Crippen molar-refractivity contribution in [1.82, 2.24) is 0 Å². The molecule has 0 nitrogen and oxygen atoms in total. The van der Waals surface area contributed by atoms with Gasteiger partial charge in [0.25, 0.3) is 0 Å². The minimum absolute atomic E-state index is 0.124. The van der Waals surface area contributed by atoms with E-state index in [0.29, 0.717) is 11.8 Å². The standard InChI is InChI=1S/C33H44/c1-7-9-11-17-25-23(3)31(29-21-15-13-19-27(25)29)33(5,6)32-24(4)26(18-12-10-8-2)28-20-14-16-22-30(28)32/h13-16,19-22,31-32H,7-12,17-18H2,1-6H3. The Morgan fingerprint density at radius 2 is 1.00 bits per heavy atom. The van der Waals surface area contributed by atoms with Crippen LogP contribution in [0.5, 0.6) is 0 Å². The summed E-state index contributed by atoms with van der Waals surface area (Å²) in [6, 6.07) is 18.6. The van der Waals surface area contributed by atoms with Crippen LogP contribution in [0.15, 0.2) is 59.7 Å². The molecule has 2 aromatic rings. The molecular weight excluding hydrogens is 396 g/mol. The zero-order chi connectivity index (χ0) is 23.6. The molecule has 0 heteroatoms. The highest BCUT2D eigenvalue weighted by Crippen LogP contribution is 2.61. The summed E-state index contributed by atoms with van der Waals surface area (Å²) in [7, 11) is 0. The van der Waals surface area contributed by atoms with Crippen LogP contribution in [-0.4, -0.2) is 0 Å². The van der Waals surface area contributed by atoms with Gasteiger partial charge in [-0.05, 0) is 78.3 Å². The molecule has 2 aliphatic rings. The van der Waals surface area contributed by atoms with Crippen LogP contribution < -0.4 is 0 Å². The number of benzene rings is 2. The summed E-state index contributed by atoms with van der Waals surface area (Å²) in [5.41, 5.74) is 12.8. The fraction of sp³-hybridized carbons (Fsp3) is 0.515. The first-order valence-corrected chi connectivity index (χ1v) is 13.5. The van der Waals surface area contributed by atoms with Crippen LogP contribution in [0.4, 0.5) is 0 Å². The highest BCUT2D eigenvalue weighted by Gasteiger charge is 2.47. The number of hydrogen-bond donors (Lipinski definition) is 0. The predicted molar refractivity (Wildman–Crippen MR) is 146 cm³/mol. The summed E-state index contributed by atoms with van der Waals surface area (Å²) >= 11 is 0. The van der Waals surface area contributed by atoms with Crippen molar-refractivity contribution in [2.75, 3.05) is 0 Å². The Labute approximate surface area is 203 Å². The number of hydrogen-bond acceptors (Lipinski definition) is 0. The molecule has 0 amide bonds. The Morgan fingerprint density at radius 1 is 0.606 bits per heavy atom. The van der Waals surface area contributed by atoms with E-state index in [0.717, 1.165) is 0 Å². The fourth-order valence-electron chi connectivity index (χ4n) is 7.14. The Balaban J connectivity index is 1.77. The highest BCUT2D eigenvalue weighted by atomic mass is 14.5. The van der Waals surface area contributed by atoms with Crippen molar-refractivity contribution in [3.05, 3.63) is 81.9 Å². The van der Waals surface area contributed by atoms with E-state index >= 15 is 0 Å². The van der Waals surface area contributed by atoms with Gasteiger partial charge in [0.15, 0.2) is 0 Å². The van der Waals surface area contributed by atoms with Crippen molar-refractivity contribution in [2.45, 2.75) is 105 Å². The molecule has 2 aromatic carbocycles. The van der Waals surface area contributed by atoms with E-state index in [-0.39, 0.29) is 5.41 Å². The number of allylic oxidation sites excluding steroid dienone is 4. The van der Waals surface area contributed by atoms with Gasteiger partial charge in [-0.15, -0.1) is 0 Å². The van der Waals surface area contributed by atoms with Gasteiger partial charge < -0.3 is 0 Å². The summed E-state index contributed by atoms with van der Waals surface area (Å²) in [6.45, 7) is 14.6. The molecular formula is C33H44. The van der Waals surface area contributed by atoms with Crippen molar-refractivity contribution in [2.24, 2.45) is 5.41 Å². The number of fused-ring (bicyclic) bond motifs is 2. The SMILES string of the molecule is CCCCCC1=C(C)C(C(C)(C)C2C(C)=C(CCCCC)c3ccccc32)c2ccccc21. The third-order valence-corrected chi connectivity index (χ3v) is 8.56. The van der Waals surface area contributed by atoms with Gasteiger partial charge >= 0.3 is 0 Å². The van der Waals surface area contributed by atoms with Crippen molar-refractivity contribution < 1.29 is 0 Å². The summed E-state index contributed by atoms with van der Waals surface area (Å²) in [6.07, 6.45) is 10.3. The van der Waals surface area contributed by atoms with Crippen LogP contribution >= 0.6 is 0 Å². The molecule has 0 heterocycles. The largest absolute Gasteiger partial charge is 0.0654 e. The second-order valence-electron chi connectivity index (χ2n) is 11.1. The van der Waals surface area contributed by atoms with Crippen LogP contribution in [0.3, 0.4) is 0 Å².